The van der Waals surface area contributed by atoms with Crippen LogP contribution in [-0.2, 0) is 9.47 Å². The van der Waals surface area contributed by atoms with Crippen molar-refractivity contribution in [3.05, 3.63) is 54.2 Å². The molecule has 0 bridgehead atoms. The summed E-state index contributed by atoms with van der Waals surface area (Å²) < 4.78 is 64.6. The highest BCUT2D eigenvalue weighted by Crippen LogP contribution is 2.35. The molecule has 2 amide bonds. The molecule has 4 heterocycles. The first kappa shape index (κ1) is 21.6. The lowest BCUT2D eigenvalue weighted by Gasteiger charge is -2.17. The van der Waals surface area contributed by atoms with E-state index in [9.17, 15) is 22.8 Å². The molecule has 0 N–H and O–H groups in total. The summed E-state index contributed by atoms with van der Waals surface area (Å²) in [6, 6.07) is 4.82. The number of amides is 2. The van der Waals surface area contributed by atoms with Gasteiger partial charge in [0, 0.05) is 23.9 Å². The van der Waals surface area contributed by atoms with Crippen molar-refractivity contribution in [3.63, 3.8) is 0 Å². The second-order valence-electron chi connectivity index (χ2n) is 7.32. The molecule has 5 rings (SSSR count). The summed E-state index contributed by atoms with van der Waals surface area (Å²) in [5, 5.41) is 3.54. The summed E-state index contributed by atoms with van der Waals surface area (Å²) in [6.45, 7) is 0.161. The monoisotopic (exact) mass is 476 g/mol. The van der Waals surface area contributed by atoms with Gasteiger partial charge < -0.3 is 18.7 Å². The zero-order chi connectivity index (χ0) is 23.8. The van der Waals surface area contributed by atoms with Crippen LogP contribution in [0.5, 0.6) is 5.88 Å². The highest BCUT2D eigenvalue weighted by atomic mass is 19.2. The zero-order valence-corrected chi connectivity index (χ0v) is 17.2. The van der Waals surface area contributed by atoms with Crippen LogP contribution in [0.1, 0.15) is 0 Å². The van der Waals surface area contributed by atoms with Gasteiger partial charge in [0.05, 0.1) is 24.3 Å². The van der Waals surface area contributed by atoms with Gasteiger partial charge in [-0.2, -0.15) is 0 Å². The summed E-state index contributed by atoms with van der Waals surface area (Å²) in [4.78, 5) is 29.9. The maximum Gasteiger partial charge on any atom is 0.415 e. The van der Waals surface area contributed by atoms with Gasteiger partial charge in [-0.15, -0.1) is 0 Å². The lowest BCUT2D eigenvalue weighted by atomic mass is 10.0. The molecule has 0 saturated carbocycles. The van der Waals surface area contributed by atoms with E-state index in [1.807, 2.05) is 0 Å². The van der Waals surface area contributed by atoms with Gasteiger partial charge >= 0.3 is 12.2 Å². The van der Waals surface area contributed by atoms with Crippen molar-refractivity contribution in [1.29, 1.82) is 0 Å². The highest BCUT2D eigenvalue weighted by molar-refractivity contribution is 5.91. The number of cyclic esters (lactones) is 2. The first-order valence-corrected chi connectivity index (χ1v) is 10.0. The molecule has 2 aromatic heterocycles. The molecule has 2 aliphatic heterocycles. The fraction of sp³-hybridized carbons (Fsp3) is 0.238. The first-order chi connectivity index (χ1) is 16.4. The van der Waals surface area contributed by atoms with Gasteiger partial charge in [-0.1, -0.05) is 0 Å². The van der Waals surface area contributed by atoms with Gasteiger partial charge in [0.15, 0.2) is 17.7 Å². The van der Waals surface area contributed by atoms with Crippen molar-refractivity contribution in [2.75, 3.05) is 36.1 Å². The fourth-order valence-electron chi connectivity index (χ4n) is 3.60. The number of carbonyl (C=O) groups excluding carboxylic acids is 2. The lowest BCUT2D eigenvalue weighted by molar-refractivity contribution is 0.101. The summed E-state index contributed by atoms with van der Waals surface area (Å²) >= 11 is 0. The van der Waals surface area contributed by atoms with Crippen LogP contribution in [-0.4, -0.2) is 54.7 Å². The number of ether oxygens (including phenoxy) is 3. The van der Waals surface area contributed by atoms with Crippen LogP contribution in [0.3, 0.4) is 0 Å². The Bertz CT molecular complexity index is 1240. The van der Waals surface area contributed by atoms with Gasteiger partial charge in [-0.05, 0) is 17.3 Å². The number of pyridine rings is 1. The number of rotatable bonds is 6. The molecule has 176 valence electrons. The smallest absolute Gasteiger partial charge is 0.415 e. The van der Waals surface area contributed by atoms with Crippen LogP contribution in [0.25, 0.3) is 11.1 Å². The number of carbonyl (C=O) groups is 2. The second kappa shape index (κ2) is 8.57. The van der Waals surface area contributed by atoms with Gasteiger partial charge in [0.25, 0.3) is 5.88 Å². The van der Waals surface area contributed by atoms with Crippen LogP contribution in [0.2, 0.25) is 0 Å². The maximum atomic E-state index is 14.9. The average Bonchev–Trinajstić information content (AvgIpc) is 3.57. The Morgan fingerprint density at radius 2 is 1.94 bits per heavy atom. The Morgan fingerprint density at radius 1 is 1.09 bits per heavy atom. The molecular weight excluding hydrogens is 461 g/mol. The normalized spacial score (nSPS) is 17.8. The maximum absolute atomic E-state index is 14.9. The fourth-order valence-corrected chi connectivity index (χ4v) is 3.60. The molecule has 3 aromatic rings. The number of halogens is 3. The largest absolute Gasteiger partial charge is 0.471 e. The highest BCUT2D eigenvalue weighted by Gasteiger charge is 2.36. The van der Waals surface area contributed by atoms with E-state index in [1.54, 1.807) is 0 Å². The van der Waals surface area contributed by atoms with Gasteiger partial charge in [0.2, 0.25) is 0 Å². The third kappa shape index (κ3) is 3.84. The molecule has 1 atom stereocenters. The quantitative estimate of drug-likeness (QED) is 0.498. The number of nitrogens with zero attached hydrogens (tertiary/aromatic N) is 4. The van der Waals surface area contributed by atoms with E-state index in [-0.39, 0.29) is 43.6 Å². The molecule has 0 spiro atoms. The number of hydrogen-bond acceptors (Lipinski definition) is 8. The first-order valence-electron chi connectivity index (χ1n) is 10.0. The van der Waals surface area contributed by atoms with Crippen molar-refractivity contribution in [2.24, 2.45) is 0 Å². The lowest BCUT2D eigenvalue weighted by Crippen LogP contribution is -2.28. The van der Waals surface area contributed by atoms with Gasteiger partial charge in [-0.3, -0.25) is 9.80 Å². The van der Waals surface area contributed by atoms with Crippen molar-refractivity contribution >= 4 is 23.7 Å². The standard InChI is InChI=1S/C21H15F3N4O6/c22-13-7-14(28-9-12(34-21(28)30)10-32-16-3-5-33-26-16)18(23)19(24)17(13)11-1-2-15(25-8-11)27-4-6-31-20(27)29/h1-3,5,7-8,12H,4,6,9-10H2/t12-/m1/s1. The molecule has 1 aromatic carbocycles. The summed E-state index contributed by atoms with van der Waals surface area (Å²) in [5.74, 6) is -3.66. The van der Waals surface area contributed by atoms with Crippen LogP contribution in [0.15, 0.2) is 41.2 Å². The predicted octanol–water partition coefficient (Wildman–Crippen LogP) is 3.51. The number of aromatic nitrogens is 2. The van der Waals surface area contributed by atoms with Crippen molar-refractivity contribution < 1.29 is 41.5 Å². The van der Waals surface area contributed by atoms with Crippen molar-refractivity contribution in [1.82, 2.24) is 10.1 Å². The van der Waals surface area contributed by atoms with E-state index < -0.39 is 47.0 Å². The summed E-state index contributed by atoms with van der Waals surface area (Å²) in [5.41, 5.74) is -1.33. The zero-order valence-electron chi connectivity index (χ0n) is 17.2. The van der Waals surface area contributed by atoms with E-state index in [0.717, 1.165) is 11.1 Å². The molecule has 0 unspecified atom stereocenters. The Balaban J connectivity index is 1.37. The minimum Gasteiger partial charge on any atom is -0.471 e. The van der Waals surface area contributed by atoms with Crippen molar-refractivity contribution in [2.45, 2.75) is 6.10 Å². The van der Waals surface area contributed by atoms with Crippen LogP contribution >= 0.6 is 0 Å². The number of anilines is 2. The molecular formula is C21H15F3N4O6. The molecule has 13 heteroatoms. The van der Waals surface area contributed by atoms with E-state index in [2.05, 4.69) is 14.7 Å². The van der Waals surface area contributed by atoms with E-state index in [4.69, 9.17) is 14.2 Å². The number of hydrogen-bond donors (Lipinski definition) is 0. The molecule has 2 saturated heterocycles. The average molecular weight is 476 g/mol. The third-order valence-electron chi connectivity index (χ3n) is 5.21. The summed E-state index contributed by atoms with van der Waals surface area (Å²) in [7, 11) is 0. The Kier molecular flexibility index (Phi) is 5.43. The Morgan fingerprint density at radius 3 is 2.62 bits per heavy atom. The molecule has 10 nitrogen and oxygen atoms in total. The van der Waals surface area contributed by atoms with Gasteiger partial charge in [0.1, 0.15) is 31.1 Å². The second-order valence-corrected chi connectivity index (χ2v) is 7.32. The van der Waals surface area contributed by atoms with Gasteiger partial charge in [-0.25, -0.2) is 27.7 Å². The van der Waals surface area contributed by atoms with Crippen LogP contribution in [0, 0.1) is 17.5 Å². The Labute approximate surface area is 189 Å². The molecule has 0 radical (unpaired) electrons. The predicted molar refractivity (Wildman–Crippen MR) is 108 cm³/mol. The van der Waals surface area contributed by atoms with E-state index >= 15 is 0 Å². The minimum absolute atomic E-state index is 0.0559. The molecule has 0 aliphatic carbocycles. The van der Waals surface area contributed by atoms with E-state index in [0.29, 0.717) is 6.07 Å². The topological polar surface area (TPSA) is 107 Å². The third-order valence-corrected chi connectivity index (χ3v) is 5.21. The molecule has 2 fully saturated rings. The SMILES string of the molecule is O=C1OCCN1c1ccc(-c2c(F)cc(N3C[C@H](COc4ccon4)OC3=O)c(F)c2F)cn1. The van der Waals surface area contributed by atoms with Crippen LogP contribution in [0.4, 0.5) is 34.3 Å². The number of benzene rings is 1. The van der Waals surface area contributed by atoms with Crippen molar-refractivity contribution in [3.8, 4) is 17.0 Å². The Hall–Kier alpha value is -4.29. The van der Waals surface area contributed by atoms with Crippen LogP contribution < -0.4 is 14.5 Å². The van der Waals surface area contributed by atoms with E-state index in [1.165, 1.54) is 29.4 Å². The summed E-state index contributed by atoms with van der Waals surface area (Å²) in [6.07, 6.45) is -0.00158. The molecule has 2 aliphatic rings. The molecule has 34 heavy (non-hydrogen) atoms. The minimum atomic E-state index is -1.50.